The zero-order chi connectivity index (χ0) is 22.6. The van der Waals surface area contributed by atoms with Crippen molar-refractivity contribution in [3.63, 3.8) is 0 Å². The van der Waals surface area contributed by atoms with Gasteiger partial charge in [0.25, 0.3) is 0 Å². The first-order valence-electron chi connectivity index (χ1n) is 10.1. The lowest BCUT2D eigenvalue weighted by molar-refractivity contribution is -0.113. The van der Waals surface area contributed by atoms with Gasteiger partial charge in [0.15, 0.2) is 11.0 Å². The van der Waals surface area contributed by atoms with Gasteiger partial charge in [0.2, 0.25) is 11.8 Å². The molecule has 2 aromatic heterocycles. The van der Waals surface area contributed by atoms with Gasteiger partial charge < -0.3 is 13.8 Å². The van der Waals surface area contributed by atoms with E-state index >= 15 is 0 Å². The van der Waals surface area contributed by atoms with Gasteiger partial charge in [-0.05, 0) is 30.2 Å². The van der Waals surface area contributed by atoms with Crippen LogP contribution in [0.4, 0.5) is 5.88 Å². The molecule has 31 heavy (non-hydrogen) atoms. The average Bonchev–Trinajstić information content (AvgIpc) is 3.33. The maximum absolute atomic E-state index is 12.4. The minimum absolute atomic E-state index is 0.146. The number of nitrogens with one attached hydrogen (secondary N) is 1. The number of amides is 1. The van der Waals surface area contributed by atoms with Crippen molar-refractivity contribution >= 4 is 23.6 Å². The average molecular weight is 444 g/mol. The maximum Gasteiger partial charge on any atom is 0.237 e. The summed E-state index contributed by atoms with van der Waals surface area (Å²) in [5.41, 5.74) is 1.59. The monoisotopic (exact) mass is 443 g/mol. The lowest BCUT2D eigenvalue weighted by Crippen LogP contribution is -2.15. The van der Waals surface area contributed by atoms with Crippen LogP contribution >= 0.6 is 11.8 Å². The lowest BCUT2D eigenvalue weighted by Gasteiger charge is -2.13. The van der Waals surface area contributed by atoms with Crippen LogP contribution in [0.3, 0.4) is 0 Å². The van der Waals surface area contributed by atoms with Gasteiger partial charge in [-0.2, -0.15) is 0 Å². The quantitative estimate of drug-likeness (QED) is 0.507. The Hall–Kier alpha value is -2.81. The zero-order valence-corrected chi connectivity index (χ0v) is 19.6. The van der Waals surface area contributed by atoms with Gasteiger partial charge >= 0.3 is 0 Å². The zero-order valence-electron chi connectivity index (χ0n) is 18.8. The highest BCUT2D eigenvalue weighted by molar-refractivity contribution is 7.99. The van der Waals surface area contributed by atoms with Gasteiger partial charge in [0, 0.05) is 23.6 Å². The molecule has 1 N–H and O–H groups in total. The third kappa shape index (κ3) is 5.88. The number of aromatic nitrogens is 4. The molecule has 0 atom stereocenters. The van der Waals surface area contributed by atoms with Crippen molar-refractivity contribution in [1.82, 2.24) is 19.9 Å². The summed E-state index contributed by atoms with van der Waals surface area (Å²) in [4.78, 5) is 12.4. The maximum atomic E-state index is 12.4. The van der Waals surface area contributed by atoms with E-state index in [1.165, 1.54) is 11.8 Å². The second-order valence-electron chi connectivity index (χ2n) is 8.70. The van der Waals surface area contributed by atoms with Gasteiger partial charge in [0.05, 0.1) is 18.6 Å². The van der Waals surface area contributed by atoms with E-state index in [2.05, 4.69) is 39.1 Å². The molecule has 0 saturated carbocycles. The first kappa shape index (κ1) is 22.9. The molecule has 0 aliphatic heterocycles. The molecule has 3 aromatic rings. The first-order valence-corrected chi connectivity index (χ1v) is 11.1. The third-order valence-electron chi connectivity index (χ3n) is 4.49. The molecular weight excluding hydrogens is 414 g/mol. The number of nitrogens with zero attached hydrogens (tertiary/aromatic N) is 4. The molecule has 0 radical (unpaired) electrons. The number of rotatable bonds is 8. The van der Waals surface area contributed by atoms with Crippen LogP contribution in [0.2, 0.25) is 0 Å². The molecule has 0 fully saturated rings. The van der Waals surface area contributed by atoms with Gasteiger partial charge in [0.1, 0.15) is 5.75 Å². The molecular formula is C22H29N5O3S. The fourth-order valence-corrected chi connectivity index (χ4v) is 3.62. The number of anilines is 1. The topological polar surface area (TPSA) is 95.1 Å². The Morgan fingerprint density at radius 2 is 1.94 bits per heavy atom. The molecule has 2 heterocycles. The largest absolute Gasteiger partial charge is 0.497 e. The van der Waals surface area contributed by atoms with Crippen molar-refractivity contribution < 1.29 is 14.1 Å². The Labute approximate surface area is 186 Å². The molecule has 0 aliphatic carbocycles. The lowest BCUT2D eigenvalue weighted by atomic mass is 9.92. The van der Waals surface area contributed by atoms with E-state index in [1.54, 1.807) is 13.2 Å². The van der Waals surface area contributed by atoms with Crippen molar-refractivity contribution in [3.05, 3.63) is 36.0 Å². The summed E-state index contributed by atoms with van der Waals surface area (Å²) >= 11 is 1.34. The van der Waals surface area contributed by atoms with Crippen molar-refractivity contribution in [2.45, 2.75) is 51.7 Å². The number of carbonyl (C=O) groups excluding carboxylic acids is 1. The highest BCUT2D eigenvalue weighted by Gasteiger charge is 2.20. The summed E-state index contributed by atoms with van der Waals surface area (Å²) in [5.74, 6) is 2.29. The number of hydrogen-bond acceptors (Lipinski definition) is 7. The molecule has 166 valence electrons. The van der Waals surface area contributed by atoms with Crippen LogP contribution in [0.5, 0.6) is 5.75 Å². The molecule has 0 spiro atoms. The summed E-state index contributed by atoms with van der Waals surface area (Å²) in [6.07, 6.45) is 0. The van der Waals surface area contributed by atoms with Crippen molar-refractivity contribution in [1.29, 1.82) is 0 Å². The van der Waals surface area contributed by atoms with E-state index in [0.29, 0.717) is 17.0 Å². The molecule has 0 saturated heterocycles. The number of hydrogen-bond donors (Lipinski definition) is 1. The number of carbonyl (C=O) groups is 1. The summed E-state index contributed by atoms with van der Waals surface area (Å²) in [7, 11) is 1.64. The molecule has 0 aliphatic rings. The van der Waals surface area contributed by atoms with E-state index in [-0.39, 0.29) is 17.1 Å². The molecule has 1 aromatic carbocycles. The Morgan fingerprint density at radius 1 is 1.23 bits per heavy atom. The van der Waals surface area contributed by atoms with Crippen LogP contribution in [-0.4, -0.2) is 38.7 Å². The van der Waals surface area contributed by atoms with Crippen molar-refractivity contribution in [2.24, 2.45) is 5.92 Å². The fraction of sp³-hybridized carbons (Fsp3) is 0.455. The number of ether oxygens (including phenoxy) is 1. The molecule has 3 rings (SSSR count). The Kier molecular flexibility index (Phi) is 7.04. The number of thioether (sulfide) groups is 1. The first-order chi connectivity index (χ1) is 14.7. The summed E-state index contributed by atoms with van der Waals surface area (Å²) in [5, 5.41) is 16.2. The predicted molar refractivity (Wildman–Crippen MR) is 121 cm³/mol. The normalized spacial score (nSPS) is 11.7. The molecule has 0 unspecified atom stereocenters. The van der Waals surface area contributed by atoms with Crippen LogP contribution in [0.1, 0.15) is 40.3 Å². The SMILES string of the molecule is COc1ccc(-c2nnc(SCC(=O)Nc3cc(C(C)(C)C)no3)n2CC(C)C)cc1. The van der Waals surface area contributed by atoms with Crippen LogP contribution in [-0.2, 0) is 16.8 Å². The van der Waals surface area contributed by atoms with Gasteiger partial charge in [-0.3, -0.25) is 10.1 Å². The molecule has 1 amide bonds. The van der Waals surface area contributed by atoms with E-state index < -0.39 is 0 Å². The Bertz CT molecular complexity index is 1020. The fourth-order valence-electron chi connectivity index (χ4n) is 2.87. The summed E-state index contributed by atoms with van der Waals surface area (Å²) in [6.45, 7) is 11.1. The molecule has 0 bridgehead atoms. The van der Waals surface area contributed by atoms with Crippen molar-refractivity contribution in [2.75, 3.05) is 18.2 Å². The second kappa shape index (κ2) is 9.55. The van der Waals surface area contributed by atoms with Gasteiger partial charge in [-0.15, -0.1) is 10.2 Å². The summed E-state index contributed by atoms with van der Waals surface area (Å²) in [6, 6.07) is 9.46. The van der Waals surface area contributed by atoms with Crippen LogP contribution < -0.4 is 10.1 Å². The van der Waals surface area contributed by atoms with Gasteiger partial charge in [-0.1, -0.05) is 51.5 Å². The van der Waals surface area contributed by atoms with E-state index in [1.807, 2.05) is 45.0 Å². The second-order valence-corrected chi connectivity index (χ2v) is 9.64. The highest BCUT2D eigenvalue weighted by atomic mass is 32.2. The number of benzene rings is 1. The summed E-state index contributed by atoms with van der Waals surface area (Å²) < 4.78 is 12.5. The standard InChI is InChI=1S/C22H29N5O3S/c1-14(2)12-27-20(15-7-9-16(29-6)10-8-15)24-25-21(27)31-13-18(28)23-19-11-17(26-30-19)22(3,4)5/h7-11,14H,12-13H2,1-6H3,(H,23,28). The van der Waals surface area contributed by atoms with E-state index in [0.717, 1.165) is 29.4 Å². The third-order valence-corrected chi connectivity index (χ3v) is 5.45. The van der Waals surface area contributed by atoms with Gasteiger partial charge in [-0.25, -0.2) is 0 Å². The van der Waals surface area contributed by atoms with Crippen molar-refractivity contribution in [3.8, 4) is 17.1 Å². The minimum Gasteiger partial charge on any atom is -0.497 e. The van der Waals surface area contributed by atoms with E-state index in [4.69, 9.17) is 9.26 Å². The van der Waals surface area contributed by atoms with Crippen LogP contribution in [0.25, 0.3) is 11.4 Å². The number of methoxy groups -OCH3 is 1. The predicted octanol–water partition coefficient (Wildman–Crippen LogP) is 4.63. The molecule has 9 heteroatoms. The van der Waals surface area contributed by atoms with E-state index in [9.17, 15) is 4.79 Å². The minimum atomic E-state index is -0.188. The Morgan fingerprint density at radius 3 is 2.52 bits per heavy atom. The van der Waals surface area contributed by atoms with Crippen LogP contribution in [0, 0.1) is 5.92 Å². The molecule has 8 nitrogen and oxygen atoms in total. The van der Waals surface area contributed by atoms with Crippen LogP contribution in [0.15, 0.2) is 40.0 Å². The smallest absolute Gasteiger partial charge is 0.237 e. The highest BCUT2D eigenvalue weighted by Crippen LogP contribution is 2.27. The Balaban J connectivity index is 1.71.